The van der Waals surface area contributed by atoms with Crippen LogP contribution in [0.15, 0.2) is 0 Å². The molecule has 36 heavy (non-hydrogen) atoms. The first-order valence-electron chi connectivity index (χ1n) is 14.1. The second-order valence-corrected chi connectivity index (χ2v) is 11.9. The summed E-state index contributed by atoms with van der Waals surface area (Å²) in [7, 11) is -4.16. The van der Waals surface area contributed by atoms with Gasteiger partial charge in [0.1, 0.15) is 0 Å². The SMILES string of the molecule is CCCCCCCCCCCCOP(=O)(O)OC(C)CN(CCN(CC(C)O)CC(C)O)CC(C)O. The number of hydrogen-bond acceptors (Lipinski definition) is 8. The van der Waals surface area contributed by atoms with Crippen LogP contribution in [0.5, 0.6) is 0 Å². The van der Waals surface area contributed by atoms with Crippen molar-refractivity contribution in [2.24, 2.45) is 0 Å². The maximum atomic E-state index is 12.4. The van der Waals surface area contributed by atoms with Crippen molar-refractivity contribution in [2.45, 2.75) is 123 Å². The van der Waals surface area contributed by atoms with E-state index in [9.17, 15) is 24.8 Å². The Labute approximate surface area is 220 Å². The number of hydrogen-bond donors (Lipinski definition) is 4. The zero-order valence-electron chi connectivity index (χ0n) is 23.7. The Bertz CT molecular complexity index is 542. The van der Waals surface area contributed by atoms with E-state index in [1.165, 1.54) is 44.9 Å². The molecule has 0 aromatic rings. The molecule has 0 radical (unpaired) electrons. The molecule has 5 atom stereocenters. The molecule has 0 aliphatic carbocycles. The number of nitrogens with zero attached hydrogens (tertiary/aromatic N) is 2. The van der Waals surface area contributed by atoms with Crippen LogP contribution in [-0.4, -0.2) is 100 Å². The first kappa shape index (κ1) is 35.9. The van der Waals surface area contributed by atoms with Crippen LogP contribution >= 0.6 is 7.82 Å². The summed E-state index contributed by atoms with van der Waals surface area (Å²) in [5.41, 5.74) is 0. The summed E-state index contributed by atoms with van der Waals surface area (Å²) in [5.74, 6) is 0. The Morgan fingerprint density at radius 3 is 1.47 bits per heavy atom. The van der Waals surface area contributed by atoms with E-state index in [0.717, 1.165) is 19.3 Å². The van der Waals surface area contributed by atoms with Crippen LogP contribution in [0.3, 0.4) is 0 Å². The zero-order chi connectivity index (χ0) is 27.4. The quantitative estimate of drug-likeness (QED) is 0.0998. The minimum Gasteiger partial charge on any atom is -0.392 e. The van der Waals surface area contributed by atoms with Crippen molar-refractivity contribution in [2.75, 3.05) is 45.9 Å². The maximum Gasteiger partial charge on any atom is 0.472 e. The van der Waals surface area contributed by atoms with Crippen LogP contribution in [0.1, 0.15) is 98.8 Å². The highest BCUT2D eigenvalue weighted by Crippen LogP contribution is 2.44. The summed E-state index contributed by atoms with van der Waals surface area (Å²) in [5, 5.41) is 29.3. The highest BCUT2D eigenvalue weighted by Gasteiger charge is 2.26. The Kier molecular flexibility index (Phi) is 21.7. The summed E-state index contributed by atoms with van der Waals surface area (Å²) in [6, 6.07) is 0. The predicted octanol–water partition coefficient (Wildman–Crippen LogP) is 4.18. The number of aliphatic hydroxyl groups is 3. The molecule has 0 spiro atoms. The number of aliphatic hydroxyl groups excluding tert-OH is 3. The minimum absolute atomic E-state index is 0.196. The van der Waals surface area contributed by atoms with Crippen LogP contribution < -0.4 is 0 Å². The fourth-order valence-electron chi connectivity index (χ4n) is 4.34. The third-order valence-electron chi connectivity index (χ3n) is 5.88. The van der Waals surface area contributed by atoms with Gasteiger partial charge in [-0.05, 0) is 34.1 Å². The molecule has 4 N–H and O–H groups in total. The first-order valence-corrected chi connectivity index (χ1v) is 15.6. The van der Waals surface area contributed by atoms with Gasteiger partial charge in [0.25, 0.3) is 0 Å². The van der Waals surface area contributed by atoms with E-state index in [0.29, 0.717) is 39.3 Å². The van der Waals surface area contributed by atoms with Crippen molar-refractivity contribution in [1.29, 1.82) is 0 Å². The lowest BCUT2D eigenvalue weighted by molar-refractivity contribution is 0.0480. The number of phosphoric acid groups is 1. The Morgan fingerprint density at radius 2 is 1.06 bits per heavy atom. The van der Waals surface area contributed by atoms with Gasteiger partial charge < -0.3 is 20.2 Å². The van der Waals surface area contributed by atoms with Gasteiger partial charge in [0.2, 0.25) is 0 Å². The maximum absolute atomic E-state index is 12.4. The molecule has 218 valence electrons. The van der Waals surface area contributed by atoms with Gasteiger partial charge in [0.05, 0.1) is 31.0 Å². The fourth-order valence-corrected chi connectivity index (χ4v) is 5.28. The smallest absolute Gasteiger partial charge is 0.392 e. The largest absolute Gasteiger partial charge is 0.472 e. The highest BCUT2D eigenvalue weighted by molar-refractivity contribution is 7.47. The monoisotopic (exact) mass is 540 g/mol. The van der Waals surface area contributed by atoms with Crippen LogP contribution in [0, 0.1) is 0 Å². The number of phosphoric ester groups is 1. The molecular weight excluding hydrogens is 483 g/mol. The molecule has 0 aliphatic heterocycles. The van der Waals surface area contributed by atoms with Gasteiger partial charge in [-0.2, -0.15) is 0 Å². The molecule has 0 saturated heterocycles. The molecule has 0 aliphatic rings. The third kappa shape index (κ3) is 23.1. The van der Waals surface area contributed by atoms with Crippen LogP contribution in [0.25, 0.3) is 0 Å². The van der Waals surface area contributed by atoms with Gasteiger partial charge in [-0.1, -0.05) is 64.7 Å². The number of rotatable bonds is 25. The van der Waals surface area contributed by atoms with E-state index in [1.54, 1.807) is 27.7 Å². The molecule has 0 aromatic heterocycles. The molecule has 0 amide bonds. The molecule has 5 unspecified atom stereocenters. The second-order valence-electron chi connectivity index (χ2n) is 10.5. The fraction of sp³-hybridized carbons (Fsp3) is 1.00. The molecular formula is C26H57N2O7P. The molecule has 0 bridgehead atoms. The van der Waals surface area contributed by atoms with E-state index in [1.807, 2.05) is 9.80 Å². The lowest BCUT2D eigenvalue weighted by Gasteiger charge is -2.31. The predicted molar refractivity (Wildman–Crippen MR) is 146 cm³/mol. The highest BCUT2D eigenvalue weighted by atomic mass is 31.2. The third-order valence-corrected chi connectivity index (χ3v) is 7.02. The van der Waals surface area contributed by atoms with Gasteiger partial charge in [0.15, 0.2) is 0 Å². The van der Waals surface area contributed by atoms with Gasteiger partial charge in [-0.15, -0.1) is 0 Å². The van der Waals surface area contributed by atoms with Crippen LogP contribution in [-0.2, 0) is 13.6 Å². The van der Waals surface area contributed by atoms with Gasteiger partial charge in [0, 0.05) is 39.3 Å². The summed E-state index contributed by atoms with van der Waals surface area (Å²) in [6.45, 7) is 11.9. The minimum atomic E-state index is -4.16. The first-order chi connectivity index (χ1) is 16.9. The van der Waals surface area contributed by atoms with Crippen molar-refractivity contribution in [3.63, 3.8) is 0 Å². The molecule has 0 heterocycles. The van der Waals surface area contributed by atoms with E-state index in [2.05, 4.69) is 6.92 Å². The molecule has 0 rings (SSSR count). The Hall–Kier alpha value is -0.0900. The second kappa shape index (κ2) is 21.8. The summed E-state index contributed by atoms with van der Waals surface area (Å²) in [4.78, 5) is 14.0. The Balaban J connectivity index is 4.34. The lowest BCUT2D eigenvalue weighted by atomic mass is 10.1. The standard InChI is InChI=1S/C26H57N2O7P/c1-6-7-8-9-10-11-12-13-14-15-18-34-36(32,33)35-26(5)22-28(21-25(4)31)17-16-27(19-23(2)29)20-24(3)30/h23-26,29-31H,6-22H2,1-5H3,(H,32,33). The van der Waals surface area contributed by atoms with Crippen molar-refractivity contribution in [3.8, 4) is 0 Å². The zero-order valence-corrected chi connectivity index (χ0v) is 24.6. The summed E-state index contributed by atoms with van der Waals surface area (Å²) >= 11 is 0. The van der Waals surface area contributed by atoms with Gasteiger partial charge in [-0.3, -0.25) is 18.8 Å². The van der Waals surface area contributed by atoms with Gasteiger partial charge >= 0.3 is 7.82 Å². The van der Waals surface area contributed by atoms with E-state index in [-0.39, 0.29) is 6.61 Å². The topological polar surface area (TPSA) is 123 Å². The van der Waals surface area contributed by atoms with Crippen molar-refractivity contribution in [1.82, 2.24) is 9.80 Å². The average molecular weight is 541 g/mol. The lowest BCUT2D eigenvalue weighted by Crippen LogP contribution is -2.44. The summed E-state index contributed by atoms with van der Waals surface area (Å²) < 4.78 is 22.9. The van der Waals surface area contributed by atoms with Crippen molar-refractivity contribution < 1.29 is 33.8 Å². The van der Waals surface area contributed by atoms with Crippen molar-refractivity contribution in [3.05, 3.63) is 0 Å². The molecule has 0 fully saturated rings. The molecule has 10 heteroatoms. The Morgan fingerprint density at radius 1 is 0.667 bits per heavy atom. The summed E-state index contributed by atoms with van der Waals surface area (Å²) in [6.07, 6.45) is 9.60. The van der Waals surface area contributed by atoms with Crippen LogP contribution in [0.4, 0.5) is 0 Å². The van der Waals surface area contributed by atoms with Crippen molar-refractivity contribution >= 4 is 7.82 Å². The van der Waals surface area contributed by atoms with Gasteiger partial charge in [-0.25, -0.2) is 4.57 Å². The molecule has 0 saturated carbocycles. The number of unbranched alkanes of at least 4 members (excludes halogenated alkanes) is 9. The molecule has 9 nitrogen and oxygen atoms in total. The van der Waals surface area contributed by atoms with Crippen LogP contribution in [0.2, 0.25) is 0 Å². The molecule has 0 aromatic carbocycles. The van der Waals surface area contributed by atoms with E-state index >= 15 is 0 Å². The average Bonchev–Trinajstić information content (AvgIpc) is 2.74. The van der Waals surface area contributed by atoms with E-state index in [4.69, 9.17) is 9.05 Å². The normalized spacial score (nSPS) is 17.3. The van der Waals surface area contributed by atoms with E-state index < -0.39 is 32.2 Å².